The number of nitrogens with zero attached hydrogens (tertiary/aromatic N) is 3. The Bertz CT molecular complexity index is 1050. The molecule has 0 bridgehead atoms. The quantitative estimate of drug-likeness (QED) is 0.602. The summed E-state index contributed by atoms with van der Waals surface area (Å²) >= 11 is 0. The molecule has 0 saturated carbocycles. The van der Waals surface area contributed by atoms with E-state index in [9.17, 15) is 13.2 Å². The molecule has 0 aliphatic carbocycles. The Morgan fingerprint density at radius 2 is 1.67 bits per heavy atom. The maximum absolute atomic E-state index is 13.0. The molecular weight excluding hydrogens is 440 g/mol. The van der Waals surface area contributed by atoms with Crippen molar-refractivity contribution in [2.75, 3.05) is 51.2 Å². The third-order valence-electron chi connectivity index (χ3n) is 5.68. The fourth-order valence-electron chi connectivity index (χ4n) is 3.64. The van der Waals surface area contributed by atoms with Gasteiger partial charge in [-0.15, -0.1) is 0 Å². The summed E-state index contributed by atoms with van der Waals surface area (Å²) in [6, 6.07) is 13.7. The zero-order valence-corrected chi connectivity index (χ0v) is 20.7. The molecule has 2 aromatic carbocycles. The third kappa shape index (κ3) is 6.77. The first-order chi connectivity index (χ1) is 15.7. The first kappa shape index (κ1) is 25.2. The number of hydrogen-bond acceptors (Lipinski definition) is 5. The number of carbonyl (C=O) groups is 1. The van der Waals surface area contributed by atoms with E-state index in [1.54, 1.807) is 6.07 Å². The first-order valence-corrected chi connectivity index (χ1v) is 12.5. The van der Waals surface area contributed by atoms with E-state index in [2.05, 4.69) is 22.3 Å². The van der Waals surface area contributed by atoms with Crippen molar-refractivity contribution in [1.82, 2.24) is 14.5 Å². The lowest BCUT2D eigenvalue weighted by Gasteiger charge is -2.28. The van der Waals surface area contributed by atoms with Crippen LogP contribution >= 0.6 is 0 Å². The molecule has 0 radical (unpaired) electrons. The summed E-state index contributed by atoms with van der Waals surface area (Å²) in [5.41, 5.74) is 4.39. The highest BCUT2D eigenvalue weighted by molar-refractivity contribution is 7.90. The van der Waals surface area contributed by atoms with Crippen LogP contribution in [-0.4, -0.2) is 70.5 Å². The Morgan fingerprint density at radius 1 is 1.03 bits per heavy atom. The Labute approximate surface area is 197 Å². The van der Waals surface area contributed by atoms with Crippen molar-refractivity contribution in [2.45, 2.75) is 26.9 Å². The summed E-state index contributed by atoms with van der Waals surface area (Å²) in [6.45, 7) is 8.06. The molecule has 0 unspecified atom stereocenters. The van der Waals surface area contributed by atoms with Crippen molar-refractivity contribution < 1.29 is 17.9 Å². The van der Waals surface area contributed by atoms with Gasteiger partial charge >= 0.3 is 10.2 Å². The highest BCUT2D eigenvalue weighted by Crippen LogP contribution is 2.25. The lowest BCUT2D eigenvalue weighted by molar-refractivity contribution is -0.119. The van der Waals surface area contributed by atoms with E-state index in [0.717, 1.165) is 58.1 Å². The van der Waals surface area contributed by atoms with Crippen LogP contribution in [0.2, 0.25) is 0 Å². The molecule has 180 valence electrons. The van der Waals surface area contributed by atoms with Gasteiger partial charge in [-0.25, -0.2) is 4.31 Å². The number of benzene rings is 2. The lowest BCUT2D eigenvalue weighted by Crippen LogP contribution is -2.46. The summed E-state index contributed by atoms with van der Waals surface area (Å²) in [7, 11) is -0.913. The van der Waals surface area contributed by atoms with Gasteiger partial charge in [0.15, 0.2) is 0 Å². The van der Waals surface area contributed by atoms with E-state index >= 15 is 0 Å². The smallest absolute Gasteiger partial charge is 0.304 e. The summed E-state index contributed by atoms with van der Waals surface area (Å²) in [5, 5.41) is 2.85. The number of nitrogens with one attached hydrogen (secondary N) is 1. The van der Waals surface area contributed by atoms with Crippen molar-refractivity contribution in [1.29, 1.82) is 0 Å². The second kappa shape index (κ2) is 11.1. The molecule has 1 fully saturated rings. The van der Waals surface area contributed by atoms with E-state index in [-0.39, 0.29) is 12.5 Å². The zero-order valence-electron chi connectivity index (χ0n) is 19.9. The van der Waals surface area contributed by atoms with Crippen LogP contribution in [0.5, 0.6) is 0 Å². The number of hydrogen-bond donors (Lipinski definition) is 1. The Hall–Kier alpha value is -2.46. The summed E-state index contributed by atoms with van der Waals surface area (Å²) in [4.78, 5) is 15.1. The minimum Gasteiger partial charge on any atom is -0.379 e. The number of morpholine rings is 1. The molecule has 1 heterocycles. The summed E-state index contributed by atoms with van der Waals surface area (Å²) < 4.78 is 33.6. The van der Waals surface area contributed by atoms with Crippen molar-refractivity contribution in [3.05, 3.63) is 64.7 Å². The highest BCUT2D eigenvalue weighted by Gasteiger charge is 2.28. The van der Waals surface area contributed by atoms with E-state index in [1.807, 2.05) is 38.1 Å². The molecule has 1 amide bonds. The number of ether oxygens (including phenoxy) is 1. The average molecular weight is 475 g/mol. The van der Waals surface area contributed by atoms with Gasteiger partial charge in [0, 0.05) is 40.3 Å². The fraction of sp³-hybridized carbons (Fsp3) is 0.458. The molecule has 1 aliphatic heterocycles. The molecule has 0 aromatic heterocycles. The Kier molecular flexibility index (Phi) is 8.47. The fourth-order valence-corrected chi connectivity index (χ4v) is 4.76. The SMILES string of the molecule is Cc1ccc(C)c(N(CC(=O)NCc2ccc(CN3CCOCC3)cc2)S(=O)(=O)N(C)C)c1. The van der Waals surface area contributed by atoms with Gasteiger partial charge in [-0.3, -0.25) is 9.69 Å². The summed E-state index contributed by atoms with van der Waals surface area (Å²) in [5.74, 6) is -0.362. The zero-order chi connectivity index (χ0) is 24.0. The molecule has 9 heteroatoms. The monoisotopic (exact) mass is 474 g/mol. The molecule has 2 aromatic rings. The Balaban J connectivity index is 1.64. The molecule has 1 aliphatic rings. The van der Waals surface area contributed by atoms with Crippen molar-refractivity contribution in [3.8, 4) is 0 Å². The van der Waals surface area contributed by atoms with Gasteiger partial charge in [0.25, 0.3) is 0 Å². The second-order valence-electron chi connectivity index (χ2n) is 8.57. The standard InChI is InChI=1S/C24H34N4O4S/c1-19-5-6-20(2)23(15-19)28(33(30,31)26(3)4)18-24(29)25-16-21-7-9-22(10-8-21)17-27-11-13-32-14-12-27/h5-10,15H,11-14,16-18H2,1-4H3,(H,25,29). The van der Waals surface area contributed by atoms with Crippen LogP contribution < -0.4 is 9.62 Å². The van der Waals surface area contributed by atoms with Crippen LogP contribution in [0.3, 0.4) is 0 Å². The molecular formula is C24H34N4O4S. The van der Waals surface area contributed by atoms with Gasteiger partial charge in [-0.2, -0.15) is 12.7 Å². The van der Waals surface area contributed by atoms with Gasteiger partial charge in [0.05, 0.1) is 18.9 Å². The number of aryl methyl sites for hydroxylation is 2. The largest absolute Gasteiger partial charge is 0.379 e. The molecule has 1 N–H and O–H groups in total. The minimum absolute atomic E-state index is 0.292. The maximum Gasteiger partial charge on any atom is 0.304 e. The van der Waals surface area contributed by atoms with E-state index in [0.29, 0.717) is 12.2 Å². The lowest BCUT2D eigenvalue weighted by atomic mass is 10.1. The predicted molar refractivity (Wildman–Crippen MR) is 130 cm³/mol. The van der Waals surface area contributed by atoms with Crippen molar-refractivity contribution in [2.24, 2.45) is 0 Å². The summed E-state index contributed by atoms with van der Waals surface area (Å²) in [6.07, 6.45) is 0. The molecule has 3 rings (SSSR count). The van der Waals surface area contributed by atoms with Crippen LogP contribution in [-0.2, 0) is 32.8 Å². The molecule has 1 saturated heterocycles. The van der Waals surface area contributed by atoms with Crippen molar-refractivity contribution in [3.63, 3.8) is 0 Å². The maximum atomic E-state index is 13.0. The van der Waals surface area contributed by atoms with Gasteiger partial charge in [0.1, 0.15) is 6.54 Å². The third-order valence-corrected chi connectivity index (χ3v) is 7.49. The van der Waals surface area contributed by atoms with Crippen LogP contribution in [0.15, 0.2) is 42.5 Å². The first-order valence-electron chi connectivity index (χ1n) is 11.1. The van der Waals surface area contributed by atoms with Gasteiger partial charge in [-0.1, -0.05) is 36.4 Å². The van der Waals surface area contributed by atoms with Crippen molar-refractivity contribution >= 4 is 21.8 Å². The minimum atomic E-state index is -3.84. The second-order valence-corrected chi connectivity index (χ2v) is 10.6. The van der Waals surface area contributed by atoms with Gasteiger partial charge in [-0.05, 0) is 42.2 Å². The van der Waals surface area contributed by atoms with Gasteiger partial charge in [0.2, 0.25) is 5.91 Å². The van der Waals surface area contributed by atoms with E-state index in [1.165, 1.54) is 19.7 Å². The topological polar surface area (TPSA) is 82.2 Å². The number of rotatable bonds is 9. The van der Waals surface area contributed by atoms with E-state index in [4.69, 9.17) is 4.74 Å². The molecule has 0 atom stereocenters. The number of carbonyl (C=O) groups excluding carboxylic acids is 1. The number of anilines is 1. The van der Waals surface area contributed by atoms with Crippen LogP contribution in [0, 0.1) is 13.8 Å². The number of amides is 1. The van der Waals surface area contributed by atoms with E-state index < -0.39 is 10.2 Å². The molecule has 8 nitrogen and oxygen atoms in total. The predicted octanol–water partition coefficient (Wildman–Crippen LogP) is 2.06. The highest BCUT2D eigenvalue weighted by atomic mass is 32.2. The van der Waals surface area contributed by atoms with Crippen LogP contribution in [0.4, 0.5) is 5.69 Å². The Morgan fingerprint density at radius 3 is 2.30 bits per heavy atom. The molecule has 33 heavy (non-hydrogen) atoms. The van der Waals surface area contributed by atoms with Crippen LogP contribution in [0.25, 0.3) is 0 Å². The van der Waals surface area contributed by atoms with Gasteiger partial charge < -0.3 is 10.1 Å². The average Bonchev–Trinajstić information content (AvgIpc) is 2.79. The molecule has 0 spiro atoms. The van der Waals surface area contributed by atoms with Crippen LogP contribution in [0.1, 0.15) is 22.3 Å². The normalized spacial score (nSPS) is 14.9.